The molecule has 8 rings (SSSR count). The van der Waals surface area contributed by atoms with Gasteiger partial charge in [0, 0.05) is 22.4 Å². The van der Waals surface area contributed by atoms with Crippen LogP contribution in [0.15, 0.2) is 146 Å². The number of para-hydroxylation sites is 3. The number of hydrogen-bond donors (Lipinski definition) is 0. The van der Waals surface area contributed by atoms with Crippen molar-refractivity contribution in [1.29, 1.82) is 0 Å². The number of aromatic nitrogens is 4. The molecular weight excluding hydrogens is 621 g/mol. The Morgan fingerprint density at radius 3 is 1.35 bits per heavy atom. The average Bonchev–Trinajstić information content (AvgIpc) is 3.54. The summed E-state index contributed by atoms with van der Waals surface area (Å²) in [4.78, 5) is 15.6. The lowest BCUT2D eigenvalue weighted by Gasteiger charge is -2.25. The summed E-state index contributed by atoms with van der Waals surface area (Å²) in [5.74, 6) is 0.948. The van der Waals surface area contributed by atoms with Gasteiger partial charge in [0.15, 0.2) is 0 Å². The van der Waals surface area contributed by atoms with Gasteiger partial charge in [-0.1, -0.05) is 163 Å². The summed E-state index contributed by atoms with van der Waals surface area (Å²) in [6.07, 6.45) is 0. The second-order valence-electron chi connectivity index (χ2n) is 15.4. The van der Waals surface area contributed by atoms with Crippen molar-refractivity contribution in [3.05, 3.63) is 157 Å². The van der Waals surface area contributed by atoms with E-state index in [-0.39, 0.29) is 10.8 Å². The highest BCUT2D eigenvalue weighted by atomic mass is 15.1. The van der Waals surface area contributed by atoms with E-state index in [9.17, 15) is 0 Å². The molecule has 0 atom stereocenters. The molecule has 0 bridgehead atoms. The van der Waals surface area contributed by atoms with Gasteiger partial charge < -0.3 is 0 Å². The number of imidazole rings is 1. The molecule has 8 aromatic rings. The molecule has 0 aliphatic heterocycles. The van der Waals surface area contributed by atoms with Crippen LogP contribution in [0.1, 0.15) is 52.7 Å². The Morgan fingerprint density at radius 1 is 0.392 bits per heavy atom. The van der Waals surface area contributed by atoms with Crippen molar-refractivity contribution >= 4 is 22.1 Å². The van der Waals surface area contributed by atoms with Crippen molar-refractivity contribution in [2.75, 3.05) is 0 Å². The molecule has 4 nitrogen and oxygen atoms in total. The van der Waals surface area contributed by atoms with Crippen LogP contribution in [0, 0.1) is 0 Å². The van der Waals surface area contributed by atoms with Gasteiger partial charge in [0.2, 0.25) is 0 Å². The molecule has 4 heteroatoms. The first kappa shape index (κ1) is 32.3. The summed E-state index contributed by atoms with van der Waals surface area (Å²) in [5, 5.41) is 0. The third kappa shape index (κ3) is 6.01. The second-order valence-corrected chi connectivity index (χ2v) is 15.4. The molecule has 0 amide bonds. The highest BCUT2D eigenvalue weighted by Gasteiger charge is 2.28. The Morgan fingerprint density at radius 2 is 0.824 bits per heavy atom. The van der Waals surface area contributed by atoms with E-state index in [4.69, 9.17) is 15.0 Å². The standard InChI is InChI=1S/C47H42N4/c1-46(2,3)37-29-30-38(47(4,5)6)44-43(37)50-45(51(44)36-17-11-8-12-18-36)35-27-23-32(24-28-35)31-21-25-34(26-22-31)42-41(33-15-9-7-10-16-33)48-39-19-13-14-20-40(39)49-42/h7-30H,1-6H3. The minimum atomic E-state index is -0.0607. The maximum atomic E-state index is 5.45. The molecule has 6 aromatic carbocycles. The fraction of sp³-hybridized carbons (Fsp3) is 0.170. The molecule has 0 saturated carbocycles. The zero-order valence-electron chi connectivity index (χ0n) is 30.1. The monoisotopic (exact) mass is 662 g/mol. The molecule has 250 valence electrons. The zero-order valence-corrected chi connectivity index (χ0v) is 30.1. The van der Waals surface area contributed by atoms with E-state index in [0.717, 1.165) is 67.3 Å². The van der Waals surface area contributed by atoms with Crippen LogP contribution in [0.25, 0.3) is 72.8 Å². The van der Waals surface area contributed by atoms with Gasteiger partial charge in [0.05, 0.1) is 33.5 Å². The number of rotatable bonds is 5. The van der Waals surface area contributed by atoms with E-state index in [2.05, 4.69) is 149 Å². The van der Waals surface area contributed by atoms with Crippen LogP contribution in [0.2, 0.25) is 0 Å². The third-order valence-corrected chi connectivity index (χ3v) is 9.69. The molecule has 2 heterocycles. The first-order chi connectivity index (χ1) is 24.6. The third-order valence-electron chi connectivity index (χ3n) is 9.69. The normalized spacial score (nSPS) is 12.1. The molecule has 0 saturated heterocycles. The van der Waals surface area contributed by atoms with Crippen LogP contribution in [0.3, 0.4) is 0 Å². The molecule has 0 aliphatic rings. The molecule has 0 fully saturated rings. The minimum Gasteiger partial charge on any atom is -0.292 e. The maximum Gasteiger partial charge on any atom is 0.145 e. The smallest absolute Gasteiger partial charge is 0.145 e. The predicted octanol–water partition coefficient (Wildman–Crippen LogP) is 12.2. The summed E-state index contributed by atoms with van der Waals surface area (Å²) in [7, 11) is 0. The van der Waals surface area contributed by atoms with Gasteiger partial charge in [0.1, 0.15) is 5.82 Å². The molecule has 0 N–H and O–H groups in total. The van der Waals surface area contributed by atoms with Crippen molar-refractivity contribution in [3.8, 4) is 50.7 Å². The van der Waals surface area contributed by atoms with Gasteiger partial charge in [-0.2, -0.15) is 0 Å². The van der Waals surface area contributed by atoms with Gasteiger partial charge in [-0.15, -0.1) is 0 Å². The SMILES string of the molecule is CC(C)(C)c1ccc(C(C)(C)C)c2c1nc(-c1ccc(-c3ccc(-c4nc5ccccc5nc4-c4ccccc4)cc3)cc1)n2-c1ccccc1. The zero-order chi connectivity index (χ0) is 35.3. The van der Waals surface area contributed by atoms with Crippen molar-refractivity contribution in [3.63, 3.8) is 0 Å². The van der Waals surface area contributed by atoms with E-state index in [1.165, 1.54) is 16.6 Å². The van der Waals surface area contributed by atoms with Crippen molar-refractivity contribution < 1.29 is 0 Å². The van der Waals surface area contributed by atoms with Crippen LogP contribution >= 0.6 is 0 Å². The summed E-state index contributed by atoms with van der Waals surface area (Å²) in [6, 6.07) is 51.1. The lowest BCUT2D eigenvalue weighted by molar-refractivity contribution is 0.583. The van der Waals surface area contributed by atoms with Crippen LogP contribution in [0.5, 0.6) is 0 Å². The largest absolute Gasteiger partial charge is 0.292 e. The van der Waals surface area contributed by atoms with Crippen LogP contribution < -0.4 is 0 Å². The fourth-order valence-electron chi connectivity index (χ4n) is 7.04. The van der Waals surface area contributed by atoms with Crippen LogP contribution in [-0.4, -0.2) is 19.5 Å². The Balaban J connectivity index is 1.21. The molecule has 0 spiro atoms. The Bertz CT molecular complexity index is 2500. The fourth-order valence-corrected chi connectivity index (χ4v) is 7.04. The molecule has 0 unspecified atom stereocenters. The minimum absolute atomic E-state index is 0.0574. The summed E-state index contributed by atoms with van der Waals surface area (Å²) in [5.41, 5.74) is 14.8. The second kappa shape index (κ2) is 12.5. The van der Waals surface area contributed by atoms with Gasteiger partial charge in [-0.3, -0.25) is 4.57 Å². The molecule has 51 heavy (non-hydrogen) atoms. The van der Waals surface area contributed by atoms with Crippen molar-refractivity contribution in [2.24, 2.45) is 0 Å². The summed E-state index contributed by atoms with van der Waals surface area (Å²) in [6.45, 7) is 13.7. The van der Waals surface area contributed by atoms with Crippen molar-refractivity contribution in [1.82, 2.24) is 19.5 Å². The lowest BCUT2D eigenvalue weighted by Crippen LogP contribution is -2.17. The number of fused-ring (bicyclic) bond motifs is 2. The quantitative estimate of drug-likeness (QED) is 0.184. The van der Waals surface area contributed by atoms with Crippen LogP contribution in [-0.2, 0) is 10.8 Å². The number of hydrogen-bond acceptors (Lipinski definition) is 3. The van der Waals surface area contributed by atoms with Gasteiger partial charge in [-0.05, 0) is 57.3 Å². The Kier molecular flexibility index (Phi) is 7.91. The van der Waals surface area contributed by atoms with E-state index in [1.54, 1.807) is 0 Å². The van der Waals surface area contributed by atoms with Gasteiger partial charge >= 0.3 is 0 Å². The highest BCUT2D eigenvalue weighted by Crippen LogP contribution is 2.41. The van der Waals surface area contributed by atoms with E-state index in [0.29, 0.717) is 0 Å². The molecule has 0 radical (unpaired) electrons. The van der Waals surface area contributed by atoms with Crippen LogP contribution in [0.4, 0.5) is 0 Å². The Labute approximate surface area is 300 Å². The molecule has 2 aromatic heterocycles. The first-order valence-electron chi connectivity index (χ1n) is 17.7. The van der Waals surface area contributed by atoms with Gasteiger partial charge in [-0.25, -0.2) is 15.0 Å². The molecule has 0 aliphatic carbocycles. The first-order valence-corrected chi connectivity index (χ1v) is 17.7. The van der Waals surface area contributed by atoms with E-state index in [1.807, 2.05) is 42.5 Å². The Hall–Kier alpha value is -5.87. The lowest BCUT2D eigenvalue weighted by atomic mass is 9.81. The summed E-state index contributed by atoms with van der Waals surface area (Å²) < 4.78 is 2.36. The van der Waals surface area contributed by atoms with Gasteiger partial charge in [0.25, 0.3) is 0 Å². The highest BCUT2D eigenvalue weighted by molar-refractivity contribution is 5.91. The average molecular weight is 663 g/mol. The topological polar surface area (TPSA) is 43.6 Å². The maximum absolute atomic E-state index is 5.45. The van der Waals surface area contributed by atoms with E-state index < -0.39 is 0 Å². The predicted molar refractivity (Wildman–Crippen MR) is 213 cm³/mol. The molecular formula is C47H42N4. The number of benzene rings is 6. The van der Waals surface area contributed by atoms with Crippen molar-refractivity contribution in [2.45, 2.75) is 52.4 Å². The number of nitrogens with zero attached hydrogens (tertiary/aromatic N) is 4. The summed E-state index contributed by atoms with van der Waals surface area (Å²) >= 11 is 0. The van der Waals surface area contributed by atoms with E-state index >= 15 is 0 Å².